The molecular formula is C29H35N3O4. The smallest absolute Gasteiger partial charge is 0.261 e. The number of rotatable bonds is 10. The van der Waals surface area contributed by atoms with E-state index in [1.807, 2.05) is 38.1 Å². The second kappa shape index (κ2) is 11.5. The maximum absolute atomic E-state index is 13.5. The fourth-order valence-electron chi connectivity index (χ4n) is 5.23. The van der Waals surface area contributed by atoms with Crippen molar-refractivity contribution in [3.8, 4) is 0 Å². The van der Waals surface area contributed by atoms with E-state index in [9.17, 15) is 19.2 Å². The van der Waals surface area contributed by atoms with Gasteiger partial charge in [-0.15, -0.1) is 0 Å². The summed E-state index contributed by atoms with van der Waals surface area (Å²) in [5, 5.41) is 3.16. The Balaban J connectivity index is 1.45. The van der Waals surface area contributed by atoms with Crippen molar-refractivity contribution in [3.05, 3.63) is 70.8 Å². The SMILES string of the molecule is CCC(C(=O)NC1CCCC1)N(Cc1ccccc1C)C(=O)CCCN1C(=O)c2ccccc2C1=O. The van der Waals surface area contributed by atoms with Crippen molar-refractivity contribution >= 4 is 23.6 Å². The molecular weight excluding hydrogens is 454 g/mol. The zero-order valence-electron chi connectivity index (χ0n) is 21.2. The van der Waals surface area contributed by atoms with E-state index in [1.165, 1.54) is 4.90 Å². The first-order valence-electron chi connectivity index (χ1n) is 13.0. The summed E-state index contributed by atoms with van der Waals surface area (Å²) in [6.07, 6.45) is 5.19. The second-order valence-corrected chi connectivity index (χ2v) is 9.77. The van der Waals surface area contributed by atoms with Gasteiger partial charge in [-0.3, -0.25) is 24.1 Å². The van der Waals surface area contributed by atoms with Gasteiger partial charge in [0.15, 0.2) is 0 Å². The first kappa shape index (κ1) is 25.6. The Morgan fingerprint density at radius 1 is 1.00 bits per heavy atom. The van der Waals surface area contributed by atoms with Gasteiger partial charge >= 0.3 is 0 Å². The Morgan fingerprint density at radius 3 is 2.22 bits per heavy atom. The standard InChI is InChI=1S/C29H35N3O4/c1-3-25(27(34)30-22-13-6-7-14-22)32(19-21-12-5-4-11-20(21)2)26(33)17-10-18-31-28(35)23-15-8-9-16-24(23)29(31)36/h4-5,8-9,11-12,15-16,22,25H,3,6-7,10,13-14,17-19H2,1-2H3,(H,30,34). The molecule has 7 nitrogen and oxygen atoms in total. The Bertz CT molecular complexity index is 1100. The lowest BCUT2D eigenvalue weighted by Crippen LogP contribution is -2.51. The molecule has 2 aliphatic rings. The molecule has 4 amide bonds. The van der Waals surface area contributed by atoms with Crippen LogP contribution in [-0.4, -0.2) is 52.1 Å². The molecule has 36 heavy (non-hydrogen) atoms. The average Bonchev–Trinajstić information content (AvgIpc) is 3.47. The van der Waals surface area contributed by atoms with Crippen LogP contribution in [0.25, 0.3) is 0 Å². The number of fused-ring (bicyclic) bond motifs is 1. The lowest BCUT2D eigenvalue weighted by Gasteiger charge is -2.32. The number of carbonyl (C=O) groups excluding carboxylic acids is 4. The first-order chi connectivity index (χ1) is 17.4. The number of nitrogens with zero attached hydrogens (tertiary/aromatic N) is 2. The molecule has 2 aromatic carbocycles. The summed E-state index contributed by atoms with van der Waals surface area (Å²) in [6.45, 7) is 4.44. The molecule has 0 radical (unpaired) electrons. The first-order valence-corrected chi connectivity index (χ1v) is 13.0. The molecule has 2 aromatic rings. The molecule has 0 saturated heterocycles. The third kappa shape index (κ3) is 5.50. The van der Waals surface area contributed by atoms with Crippen LogP contribution in [0.5, 0.6) is 0 Å². The normalized spacial score (nSPS) is 16.2. The summed E-state index contributed by atoms with van der Waals surface area (Å²) in [7, 11) is 0. The number of hydrogen-bond donors (Lipinski definition) is 1. The van der Waals surface area contributed by atoms with Crippen molar-refractivity contribution in [1.29, 1.82) is 0 Å². The molecule has 1 saturated carbocycles. The molecule has 0 aromatic heterocycles. The monoisotopic (exact) mass is 489 g/mol. The molecule has 0 spiro atoms. The highest BCUT2D eigenvalue weighted by atomic mass is 16.2. The van der Waals surface area contributed by atoms with Crippen LogP contribution in [-0.2, 0) is 16.1 Å². The van der Waals surface area contributed by atoms with Gasteiger partial charge in [-0.25, -0.2) is 0 Å². The average molecular weight is 490 g/mol. The molecule has 1 aliphatic heterocycles. The minimum Gasteiger partial charge on any atom is -0.352 e. The number of benzene rings is 2. The van der Waals surface area contributed by atoms with E-state index in [0.717, 1.165) is 36.8 Å². The van der Waals surface area contributed by atoms with Gasteiger partial charge in [-0.1, -0.05) is 56.2 Å². The summed E-state index contributed by atoms with van der Waals surface area (Å²) in [6, 6.07) is 14.3. The van der Waals surface area contributed by atoms with Gasteiger partial charge < -0.3 is 10.2 Å². The molecule has 1 atom stereocenters. The van der Waals surface area contributed by atoms with E-state index in [0.29, 0.717) is 30.5 Å². The van der Waals surface area contributed by atoms with Crippen molar-refractivity contribution in [1.82, 2.24) is 15.1 Å². The van der Waals surface area contributed by atoms with E-state index in [1.54, 1.807) is 29.2 Å². The van der Waals surface area contributed by atoms with E-state index >= 15 is 0 Å². The van der Waals surface area contributed by atoms with Crippen LogP contribution in [0.15, 0.2) is 48.5 Å². The summed E-state index contributed by atoms with van der Waals surface area (Å²) in [4.78, 5) is 55.0. The number of hydrogen-bond acceptors (Lipinski definition) is 4. The van der Waals surface area contributed by atoms with Crippen LogP contribution < -0.4 is 5.32 Å². The highest BCUT2D eigenvalue weighted by Gasteiger charge is 2.35. The van der Waals surface area contributed by atoms with Crippen molar-refractivity contribution in [3.63, 3.8) is 0 Å². The lowest BCUT2D eigenvalue weighted by atomic mass is 10.0. The summed E-state index contributed by atoms with van der Waals surface area (Å²) in [5.74, 6) is -0.889. The third-order valence-electron chi connectivity index (χ3n) is 7.34. The van der Waals surface area contributed by atoms with Crippen LogP contribution >= 0.6 is 0 Å². The highest BCUT2D eigenvalue weighted by molar-refractivity contribution is 6.21. The van der Waals surface area contributed by atoms with Crippen molar-refractivity contribution in [2.75, 3.05) is 6.54 Å². The molecule has 0 bridgehead atoms. The second-order valence-electron chi connectivity index (χ2n) is 9.77. The van der Waals surface area contributed by atoms with Crippen molar-refractivity contribution in [2.24, 2.45) is 0 Å². The Hall–Kier alpha value is -3.48. The Morgan fingerprint density at radius 2 is 1.61 bits per heavy atom. The van der Waals surface area contributed by atoms with Crippen LogP contribution in [0, 0.1) is 6.92 Å². The van der Waals surface area contributed by atoms with Crippen LogP contribution in [0.4, 0.5) is 0 Å². The zero-order valence-corrected chi connectivity index (χ0v) is 21.2. The molecule has 1 fully saturated rings. The van der Waals surface area contributed by atoms with Crippen LogP contribution in [0.1, 0.15) is 83.7 Å². The number of imide groups is 1. The lowest BCUT2D eigenvalue weighted by molar-refractivity contribution is -0.141. The minimum atomic E-state index is -0.572. The van der Waals surface area contributed by atoms with Gasteiger partial charge in [-0.05, 0) is 55.9 Å². The Labute approximate surface area is 212 Å². The molecule has 4 rings (SSSR count). The summed E-state index contributed by atoms with van der Waals surface area (Å²) < 4.78 is 0. The van der Waals surface area contributed by atoms with Gasteiger partial charge in [0.25, 0.3) is 11.8 Å². The Kier molecular flexibility index (Phi) is 8.18. The van der Waals surface area contributed by atoms with Gasteiger partial charge in [0.05, 0.1) is 11.1 Å². The maximum Gasteiger partial charge on any atom is 0.261 e. The molecule has 190 valence electrons. The highest BCUT2D eigenvalue weighted by Crippen LogP contribution is 2.24. The van der Waals surface area contributed by atoms with Gasteiger partial charge in [0.1, 0.15) is 6.04 Å². The topological polar surface area (TPSA) is 86.8 Å². The number of amides is 4. The van der Waals surface area contributed by atoms with Gasteiger partial charge in [0, 0.05) is 25.6 Å². The largest absolute Gasteiger partial charge is 0.352 e. The van der Waals surface area contributed by atoms with E-state index in [4.69, 9.17) is 0 Å². The molecule has 1 aliphatic carbocycles. The van der Waals surface area contributed by atoms with Crippen molar-refractivity contribution < 1.29 is 19.2 Å². The predicted octanol–water partition coefficient (Wildman–Crippen LogP) is 4.24. The molecule has 7 heteroatoms. The predicted molar refractivity (Wildman–Crippen MR) is 137 cm³/mol. The number of carbonyl (C=O) groups is 4. The van der Waals surface area contributed by atoms with Gasteiger partial charge in [0.2, 0.25) is 11.8 Å². The quantitative estimate of drug-likeness (QED) is 0.506. The maximum atomic E-state index is 13.5. The van der Waals surface area contributed by atoms with E-state index in [-0.39, 0.29) is 42.6 Å². The van der Waals surface area contributed by atoms with Gasteiger partial charge in [-0.2, -0.15) is 0 Å². The zero-order chi connectivity index (χ0) is 25.7. The fourth-order valence-corrected chi connectivity index (χ4v) is 5.23. The fraction of sp³-hybridized carbons (Fsp3) is 0.448. The van der Waals surface area contributed by atoms with Crippen LogP contribution in [0.2, 0.25) is 0 Å². The molecule has 1 N–H and O–H groups in total. The number of aryl methyl sites for hydroxylation is 1. The third-order valence-corrected chi connectivity index (χ3v) is 7.34. The molecule has 1 heterocycles. The van der Waals surface area contributed by atoms with E-state index in [2.05, 4.69) is 5.32 Å². The van der Waals surface area contributed by atoms with Crippen LogP contribution in [0.3, 0.4) is 0 Å². The summed E-state index contributed by atoms with van der Waals surface area (Å²) >= 11 is 0. The molecule has 1 unspecified atom stereocenters. The minimum absolute atomic E-state index is 0.105. The summed E-state index contributed by atoms with van der Waals surface area (Å²) in [5.41, 5.74) is 2.87. The van der Waals surface area contributed by atoms with Crippen molar-refractivity contribution in [2.45, 2.75) is 77.4 Å². The number of nitrogens with one attached hydrogen (secondary N) is 1. The van der Waals surface area contributed by atoms with E-state index < -0.39 is 6.04 Å².